The molecule has 5 rings (SSSR count). The van der Waals surface area contributed by atoms with E-state index >= 15 is 0 Å². The molecular weight excluding hydrogens is 747 g/mol. The predicted octanol–water partition coefficient (Wildman–Crippen LogP) is 6.32. The number of rotatable bonds is 12. The van der Waals surface area contributed by atoms with E-state index in [2.05, 4.69) is 20.9 Å². The molecule has 0 aromatic carbocycles. The fraction of sp³-hybridized carbons (Fsp3) is 0.833. The van der Waals surface area contributed by atoms with Crippen molar-refractivity contribution >= 4 is 42.1 Å². The van der Waals surface area contributed by atoms with Gasteiger partial charge in [-0.2, -0.15) is 0 Å². The number of amides is 7. The van der Waals surface area contributed by atoms with E-state index in [9.17, 15) is 28.8 Å². The topological polar surface area (TPSA) is 188 Å². The van der Waals surface area contributed by atoms with Crippen molar-refractivity contribution in [1.82, 2.24) is 30.7 Å². The van der Waals surface area contributed by atoms with E-state index in [0.717, 1.165) is 75.5 Å². The second kappa shape index (κ2) is 22.3. The first-order valence-electron chi connectivity index (χ1n) is 22.2. The van der Waals surface area contributed by atoms with Crippen molar-refractivity contribution in [3.63, 3.8) is 0 Å². The van der Waals surface area contributed by atoms with E-state index in [-0.39, 0.29) is 57.9 Å². The first-order chi connectivity index (χ1) is 27.9. The summed E-state index contributed by atoms with van der Waals surface area (Å²) >= 11 is 0. The number of carbonyl (C=O) groups excluding carboxylic acids is 6. The van der Waals surface area contributed by atoms with Crippen molar-refractivity contribution in [3.8, 4) is 0 Å². The van der Waals surface area contributed by atoms with E-state index in [1.807, 2.05) is 20.8 Å². The highest BCUT2D eigenvalue weighted by Crippen LogP contribution is 2.34. The Hall–Kier alpha value is -4.11. The minimum absolute atomic E-state index is 0.0981. The van der Waals surface area contributed by atoms with Crippen LogP contribution in [-0.4, -0.2) is 121 Å². The van der Waals surface area contributed by atoms with Gasteiger partial charge >= 0.3 is 30.2 Å². The molecule has 326 valence electrons. The summed E-state index contributed by atoms with van der Waals surface area (Å²) in [5.41, 5.74) is -0.409. The van der Waals surface area contributed by atoms with Gasteiger partial charge in [-0.25, -0.2) is 28.9 Å². The van der Waals surface area contributed by atoms with Crippen LogP contribution in [0.25, 0.3) is 0 Å². The Labute approximate surface area is 344 Å². The lowest BCUT2D eigenvalue weighted by molar-refractivity contribution is -0.171. The molecule has 3 saturated carbocycles. The zero-order chi connectivity index (χ0) is 41.5. The van der Waals surface area contributed by atoms with Crippen molar-refractivity contribution < 1.29 is 43.0 Å². The Morgan fingerprint density at radius 2 is 1.17 bits per heavy atom. The van der Waals surface area contributed by atoms with Crippen LogP contribution in [0.4, 0.5) is 19.2 Å². The molecule has 0 radical (unpaired) electrons. The minimum atomic E-state index is -1.09. The van der Waals surface area contributed by atoms with E-state index < -0.39 is 47.6 Å². The Balaban J connectivity index is 1.18. The number of piperazine rings is 1. The van der Waals surface area contributed by atoms with Gasteiger partial charge < -0.3 is 29.3 Å². The van der Waals surface area contributed by atoms with Gasteiger partial charge in [0, 0.05) is 38.3 Å². The molecule has 1 unspecified atom stereocenters. The summed E-state index contributed by atoms with van der Waals surface area (Å²) in [6.45, 7) is 7.61. The number of carbonyl (C=O) groups is 6. The fourth-order valence-electron chi connectivity index (χ4n) is 8.83. The molecule has 2 atom stereocenters. The average molecular weight is 816 g/mol. The summed E-state index contributed by atoms with van der Waals surface area (Å²) in [4.78, 5) is 88.0. The van der Waals surface area contributed by atoms with Crippen molar-refractivity contribution in [3.05, 3.63) is 0 Å². The first kappa shape index (κ1) is 45.0. The summed E-state index contributed by atoms with van der Waals surface area (Å²) < 4.78 is 16.7. The molecule has 16 nitrogen and oxygen atoms in total. The normalized spacial score (nSPS) is 22.3. The number of alkyl carbamates (subject to hydrolysis) is 2. The maximum atomic E-state index is 13.8. The van der Waals surface area contributed by atoms with Crippen molar-refractivity contribution in [1.29, 1.82) is 0 Å². The second-order valence-electron chi connectivity index (χ2n) is 18.0. The number of hydrogen-bond donors (Lipinski definition) is 3. The van der Waals surface area contributed by atoms with Crippen LogP contribution in [0, 0.1) is 23.7 Å². The van der Waals surface area contributed by atoms with E-state index in [0.29, 0.717) is 37.3 Å². The number of nitrogens with one attached hydrogen (secondary N) is 3. The molecule has 0 aromatic heterocycles. The highest BCUT2D eigenvalue weighted by molar-refractivity contribution is 6.08. The van der Waals surface area contributed by atoms with Gasteiger partial charge in [0.2, 0.25) is 11.9 Å². The predicted molar refractivity (Wildman–Crippen MR) is 217 cm³/mol. The molecule has 7 amide bonds. The van der Waals surface area contributed by atoms with Crippen LogP contribution >= 0.6 is 0 Å². The summed E-state index contributed by atoms with van der Waals surface area (Å²) in [6, 6.07) is -1.88. The van der Waals surface area contributed by atoms with Crippen LogP contribution < -0.4 is 16.0 Å². The number of guanidine groups is 1. The summed E-state index contributed by atoms with van der Waals surface area (Å²) in [5, 5.41) is 8.05. The molecule has 5 aliphatic rings. The lowest BCUT2D eigenvalue weighted by Crippen LogP contribution is -2.70. The van der Waals surface area contributed by atoms with Gasteiger partial charge in [0.25, 0.3) is 0 Å². The van der Waals surface area contributed by atoms with E-state index in [1.165, 1.54) is 37.0 Å². The van der Waals surface area contributed by atoms with Gasteiger partial charge in [-0.05, 0) is 83.5 Å². The Bertz CT molecular complexity index is 1390. The number of hydrogen-bond acceptors (Lipinski definition) is 10. The van der Waals surface area contributed by atoms with Gasteiger partial charge in [-0.15, -0.1) is 0 Å². The number of aliphatic imine (C=N–C) groups is 1. The third-order valence-electron chi connectivity index (χ3n) is 12.2. The minimum Gasteiger partial charge on any atom is -0.464 e. The zero-order valence-corrected chi connectivity index (χ0v) is 35.2. The largest absolute Gasteiger partial charge is 0.464 e. The van der Waals surface area contributed by atoms with Crippen LogP contribution in [0.3, 0.4) is 0 Å². The molecule has 5 fully saturated rings. The van der Waals surface area contributed by atoms with Crippen LogP contribution in [0.15, 0.2) is 4.99 Å². The molecule has 0 bridgehead atoms. The van der Waals surface area contributed by atoms with Gasteiger partial charge in [0.1, 0.15) is 0 Å². The monoisotopic (exact) mass is 816 g/mol. The molecule has 2 saturated heterocycles. The second-order valence-corrected chi connectivity index (χ2v) is 18.0. The maximum Gasteiger partial charge on any atom is 0.413 e. The molecule has 2 heterocycles. The molecule has 3 aliphatic carbocycles. The SMILES string of the molecule is CC(C)(C)NC(=O)N1CCN(C(=O)N2C(=O)[C@H](CCCN=C(NC(=O)OCC3CCCCC3)NC(=O)OCC3CCCCC3)C2C(=O)OCCC2CCCCC2)CC1. The summed E-state index contributed by atoms with van der Waals surface area (Å²) in [7, 11) is 0. The smallest absolute Gasteiger partial charge is 0.413 e. The maximum absolute atomic E-state index is 13.8. The van der Waals surface area contributed by atoms with Crippen molar-refractivity contribution in [2.75, 3.05) is 52.5 Å². The highest BCUT2D eigenvalue weighted by Gasteiger charge is 2.56. The van der Waals surface area contributed by atoms with Gasteiger partial charge in [0.15, 0.2) is 6.04 Å². The zero-order valence-electron chi connectivity index (χ0n) is 35.2. The molecule has 2 aliphatic heterocycles. The van der Waals surface area contributed by atoms with Crippen LogP contribution in [0.5, 0.6) is 0 Å². The van der Waals surface area contributed by atoms with Gasteiger partial charge in [-0.1, -0.05) is 70.6 Å². The molecular formula is C42H69N7O9. The quantitative estimate of drug-likeness (QED) is 0.0506. The highest BCUT2D eigenvalue weighted by atomic mass is 16.6. The number of imide groups is 1. The lowest BCUT2D eigenvalue weighted by atomic mass is 9.83. The average Bonchev–Trinajstić information content (AvgIpc) is 3.21. The summed E-state index contributed by atoms with van der Waals surface area (Å²) in [6.07, 6.45) is 16.4. The van der Waals surface area contributed by atoms with Crippen LogP contribution in [0.1, 0.15) is 136 Å². The van der Waals surface area contributed by atoms with Crippen molar-refractivity contribution in [2.24, 2.45) is 28.7 Å². The van der Waals surface area contributed by atoms with E-state index in [1.54, 1.807) is 4.90 Å². The molecule has 3 N–H and O–H groups in total. The lowest BCUT2D eigenvalue weighted by Gasteiger charge is -2.47. The Kier molecular flexibility index (Phi) is 17.3. The fourth-order valence-corrected chi connectivity index (χ4v) is 8.83. The Morgan fingerprint density at radius 3 is 1.69 bits per heavy atom. The third-order valence-corrected chi connectivity index (χ3v) is 12.2. The number of esters is 1. The molecule has 0 aromatic rings. The van der Waals surface area contributed by atoms with Gasteiger partial charge in [0.05, 0.1) is 25.7 Å². The first-order valence-corrected chi connectivity index (χ1v) is 22.2. The van der Waals surface area contributed by atoms with Crippen LogP contribution in [0.2, 0.25) is 0 Å². The Morgan fingerprint density at radius 1 is 0.672 bits per heavy atom. The van der Waals surface area contributed by atoms with Gasteiger partial charge in [-0.3, -0.25) is 20.4 Å². The number of nitrogens with zero attached hydrogens (tertiary/aromatic N) is 4. The summed E-state index contributed by atoms with van der Waals surface area (Å²) in [5.74, 6) is -0.893. The molecule has 16 heteroatoms. The number of likely N-dealkylation sites (tertiary alicyclic amines) is 1. The number of urea groups is 2. The number of β-lactam (4-membered cyclic amide) rings is 1. The standard InChI is InChI=1S/C42H69N7O9/c1-42(2,3)46-38(52)47-23-25-48(26-24-47)41(55)49-34(36(51)56-27-21-30-14-7-4-8-15-30)33(35(49)50)20-13-22-43-37(44-39(53)57-28-31-16-9-5-10-17-31)45-40(54)58-29-32-18-11-6-12-19-32/h30-34H,4-29H2,1-3H3,(H,46,52)(H2,43,44,45,53,54)/t33-,34?/m1/s1. The van der Waals surface area contributed by atoms with Crippen molar-refractivity contribution in [2.45, 2.75) is 148 Å². The third kappa shape index (κ3) is 14.0. The van der Waals surface area contributed by atoms with Crippen LogP contribution in [-0.2, 0) is 23.8 Å². The molecule has 58 heavy (non-hydrogen) atoms. The molecule has 0 spiro atoms. The van der Waals surface area contributed by atoms with E-state index in [4.69, 9.17) is 14.2 Å². The number of ether oxygens (including phenoxy) is 3.